The number of hydrogen-bond donors (Lipinski definition) is 0. The Balaban J connectivity index is 2.07. The molecule has 112 valence electrons. The highest BCUT2D eigenvalue weighted by molar-refractivity contribution is 9.09. The Kier molecular flexibility index (Phi) is 4.83. The zero-order valence-electron chi connectivity index (χ0n) is 11.0. The highest BCUT2D eigenvalue weighted by atomic mass is 79.9. The summed E-state index contributed by atoms with van der Waals surface area (Å²) >= 11 is 3.30. The first-order chi connectivity index (χ1) is 9.35. The number of halogens is 4. The molecule has 20 heavy (non-hydrogen) atoms. The van der Waals surface area contributed by atoms with Gasteiger partial charge in [-0.05, 0) is 24.1 Å². The van der Waals surface area contributed by atoms with E-state index >= 15 is 0 Å². The third-order valence-electron chi connectivity index (χ3n) is 3.06. The first kappa shape index (κ1) is 15.5. The normalized spacial score (nSPS) is 20.4. The SMILES string of the molecule is CC1COc2ccc(C(Br)CCC(F)(F)F)cc2OC1. The minimum atomic E-state index is -4.13. The molecule has 0 bridgehead atoms. The fourth-order valence-corrected chi connectivity index (χ4v) is 2.43. The van der Waals surface area contributed by atoms with E-state index in [1.807, 2.05) is 6.92 Å². The molecule has 2 rings (SSSR count). The lowest BCUT2D eigenvalue weighted by molar-refractivity contribution is -0.135. The number of fused-ring (bicyclic) bond motifs is 1. The van der Waals surface area contributed by atoms with Crippen LogP contribution in [0.4, 0.5) is 13.2 Å². The third kappa shape index (κ3) is 4.30. The lowest BCUT2D eigenvalue weighted by Crippen LogP contribution is -2.12. The van der Waals surface area contributed by atoms with Crippen molar-refractivity contribution in [3.63, 3.8) is 0 Å². The minimum Gasteiger partial charge on any atom is -0.489 e. The Morgan fingerprint density at radius 1 is 1.25 bits per heavy atom. The average molecular weight is 353 g/mol. The van der Waals surface area contributed by atoms with Gasteiger partial charge in [0, 0.05) is 17.2 Å². The van der Waals surface area contributed by atoms with E-state index in [0.29, 0.717) is 24.7 Å². The van der Waals surface area contributed by atoms with Gasteiger partial charge in [0.25, 0.3) is 0 Å². The molecule has 0 spiro atoms. The molecule has 0 aromatic heterocycles. The van der Waals surface area contributed by atoms with E-state index in [4.69, 9.17) is 9.47 Å². The molecule has 1 heterocycles. The molecule has 1 aliphatic rings. The number of benzene rings is 1. The van der Waals surface area contributed by atoms with Gasteiger partial charge in [0.05, 0.1) is 13.2 Å². The zero-order valence-corrected chi connectivity index (χ0v) is 12.6. The van der Waals surface area contributed by atoms with E-state index in [2.05, 4.69) is 15.9 Å². The second-order valence-electron chi connectivity index (χ2n) is 5.05. The average Bonchev–Trinajstić information content (AvgIpc) is 2.57. The topological polar surface area (TPSA) is 18.5 Å². The Bertz CT molecular complexity index is 462. The van der Waals surface area contributed by atoms with Crippen molar-refractivity contribution in [2.24, 2.45) is 5.92 Å². The highest BCUT2D eigenvalue weighted by Crippen LogP contribution is 2.38. The Labute approximate surface area is 124 Å². The van der Waals surface area contributed by atoms with Crippen molar-refractivity contribution in [3.8, 4) is 11.5 Å². The maximum Gasteiger partial charge on any atom is 0.389 e. The summed E-state index contributed by atoms with van der Waals surface area (Å²) in [4.78, 5) is -0.348. The Morgan fingerprint density at radius 3 is 2.55 bits per heavy atom. The van der Waals surface area contributed by atoms with Gasteiger partial charge in [-0.2, -0.15) is 13.2 Å². The summed E-state index contributed by atoms with van der Waals surface area (Å²) in [5, 5.41) is 0. The molecule has 6 heteroatoms. The van der Waals surface area contributed by atoms with Gasteiger partial charge in [0.2, 0.25) is 0 Å². The summed E-state index contributed by atoms with van der Waals surface area (Å²) in [6.07, 6.45) is -4.94. The fraction of sp³-hybridized carbons (Fsp3) is 0.571. The van der Waals surface area contributed by atoms with E-state index in [-0.39, 0.29) is 17.2 Å². The predicted octanol–water partition coefficient (Wildman–Crippen LogP) is 4.87. The monoisotopic (exact) mass is 352 g/mol. The van der Waals surface area contributed by atoms with Crippen LogP contribution in [-0.2, 0) is 0 Å². The van der Waals surface area contributed by atoms with Crippen molar-refractivity contribution < 1.29 is 22.6 Å². The van der Waals surface area contributed by atoms with Crippen molar-refractivity contribution in [3.05, 3.63) is 23.8 Å². The number of rotatable bonds is 3. The summed E-state index contributed by atoms with van der Waals surface area (Å²) < 4.78 is 47.9. The fourth-order valence-electron chi connectivity index (χ4n) is 1.92. The maximum atomic E-state index is 12.2. The van der Waals surface area contributed by atoms with Crippen LogP contribution in [0.15, 0.2) is 18.2 Å². The zero-order chi connectivity index (χ0) is 14.8. The van der Waals surface area contributed by atoms with Crippen LogP contribution >= 0.6 is 15.9 Å². The molecule has 1 aromatic carbocycles. The first-order valence-corrected chi connectivity index (χ1v) is 7.37. The Hall–Kier alpha value is -0.910. The van der Waals surface area contributed by atoms with Crippen LogP contribution in [0, 0.1) is 5.92 Å². The van der Waals surface area contributed by atoms with Crippen LogP contribution in [0.3, 0.4) is 0 Å². The number of ether oxygens (including phenoxy) is 2. The summed E-state index contributed by atoms with van der Waals surface area (Å²) in [7, 11) is 0. The second kappa shape index (κ2) is 6.24. The van der Waals surface area contributed by atoms with Gasteiger partial charge in [0.15, 0.2) is 11.5 Å². The molecule has 0 aliphatic carbocycles. The summed E-state index contributed by atoms with van der Waals surface area (Å²) in [5.74, 6) is 1.53. The molecule has 0 amide bonds. The van der Waals surface area contributed by atoms with Gasteiger partial charge in [-0.25, -0.2) is 0 Å². The molecule has 1 aromatic rings. The summed E-state index contributed by atoms with van der Waals surface area (Å²) in [5.41, 5.74) is 0.770. The molecule has 2 nitrogen and oxygen atoms in total. The van der Waals surface area contributed by atoms with Gasteiger partial charge in [0.1, 0.15) is 0 Å². The van der Waals surface area contributed by atoms with Crippen molar-refractivity contribution >= 4 is 15.9 Å². The molecular formula is C14H16BrF3O2. The summed E-state index contributed by atoms with van der Waals surface area (Å²) in [6, 6.07) is 5.28. The van der Waals surface area contributed by atoms with E-state index < -0.39 is 12.6 Å². The van der Waals surface area contributed by atoms with Crippen LogP contribution in [0.5, 0.6) is 11.5 Å². The van der Waals surface area contributed by atoms with E-state index in [1.54, 1.807) is 18.2 Å². The predicted molar refractivity (Wildman–Crippen MR) is 73.6 cm³/mol. The maximum absolute atomic E-state index is 12.2. The van der Waals surface area contributed by atoms with Crippen molar-refractivity contribution in [2.45, 2.75) is 30.8 Å². The van der Waals surface area contributed by atoms with Crippen LogP contribution in [0.2, 0.25) is 0 Å². The second-order valence-corrected chi connectivity index (χ2v) is 6.16. The van der Waals surface area contributed by atoms with Gasteiger partial charge < -0.3 is 9.47 Å². The summed E-state index contributed by atoms with van der Waals surface area (Å²) in [6.45, 7) is 3.15. The van der Waals surface area contributed by atoms with Gasteiger partial charge in [-0.1, -0.05) is 28.9 Å². The molecule has 0 radical (unpaired) electrons. The van der Waals surface area contributed by atoms with Crippen molar-refractivity contribution in [1.82, 2.24) is 0 Å². The van der Waals surface area contributed by atoms with E-state index in [0.717, 1.165) is 5.56 Å². The lowest BCUT2D eigenvalue weighted by atomic mass is 10.1. The molecule has 0 N–H and O–H groups in total. The van der Waals surface area contributed by atoms with Crippen LogP contribution in [-0.4, -0.2) is 19.4 Å². The number of hydrogen-bond acceptors (Lipinski definition) is 2. The van der Waals surface area contributed by atoms with Gasteiger partial charge in [-0.3, -0.25) is 0 Å². The first-order valence-electron chi connectivity index (χ1n) is 6.45. The molecule has 2 unspecified atom stereocenters. The standard InChI is InChI=1S/C14H16BrF3O2/c1-9-7-19-12-3-2-10(6-13(12)20-8-9)11(15)4-5-14(16,17)18/h2-3,6,9,11H,4-5,7-8H2,1H3. The molecular weight excluding hydrogens is 337 g/mol. The van der Waals surface area contributed by atoms with Crippen LogP contribution in [0.1, 0.15) is 30.2 Å². The lowest BCUT2D eigenvalue weighted by Gasteiger charge is -2.14. The van der Waals surface area contributed by atoms with Crippen molar-refractivity contribution in [2.75, 3.05) is 13.2 Å². The molecule has 0 saturated heterocycles. The molecule has 1 aliphatic heterocycles. The molecule has 2 atom stereocenters. The Morgan fingerprint density at radius 2 is 1.90 bits per heavy atom. The van der Waals surface area contributed by atoms with Crippen LogP contribution < -0.4 is 9.47 Å². The molecule has 0 saturated carbocycles. The highest BCUT2D eigenvalue weighted by Gasteiger charge is 2.28. The van der Waals surface area contributed by atoms with Crippen molar-refractivity contribution in [1.29, 1.82) is 0 Å². The third-order valence-corrected chi connectivity index (χ3v) is 4.04. The minimum absolute atomic E-state index is 0.000450. The van der Waals surface area contributed by atoms with Gasteiger partial charge in [-0.15, -0.1) is 0 Å². The van der Waals surface area contributed by atoms with E-state index in [1.165, 1.54) is 0 Å². The molecule has 0 fully saturated rings. The number of alkyl halides is 4. The largest absolute Gasteiger partial charge is 0.489 e. The smallest absolute Gasteiger partial charge is 0.389 e. The van der Waals surface area contributed by atoms with E-state index in [9.17, 15) is 13.2 Å². The van der Waals surface area contributed by atoms with Gasteiger partial charge >= 0.3 is 6.18 Å². The van der Waals surface area contributed by atoms with Crippen LogP contribution in [0.25, 0.3) is 0 Å². The quantitative estimate of drug-likeness (QED) is 0.722.